The van der Waals surface area contributed by atoms with Gasteiger partial charge in [-0.05, 0) is 28.7 Å². The van der Waals surface area contributed by atoms with Crippen LogP contribution in [0.15, 0.2) is 54.6 Å². The van der Waals surface area contributed by atoms with E-state index in [0.717, 1.165) is 40.8 Å². The molecule has 1 heterocycles. The second kappa shape index (κ2) is 10.2. The number of nitrogens with one attached hydrogen (secondary N) is 3. The fraction of sp³-hybridized carbons (Fsp3) is 0.280. The Bertz CT molecular complexity index is 1160. The minimum Gasteiger partial charge on any atom is -0.481 e. The Balaban J connectivity index is 1.40. The molecule has 1 aromatic heterocycles. The first-order valence-corrected chi connectivity index (χ1v) is 11.1. The van der Waals surface area contributed by atoms with Crippen LogP contribution in [-0.2, 0) is 20.7 Å². The fourth-order valence-corrected chi connectivity index (χ4v) is 4.20. The van der Waals surface area contributed by atoms with E-state index in [0.29, 0.717) is 0 Å². The molecule has 0 saturated heterocycles. The standard InChI is InChI=1S/C25H26N4O5/c1-2-7-15-12-22(29-28-15)27-24(32)21(13-23(30)31)26-25(33)34-14-20-18-10-5-3-8-16(18)17-9-4-6-11-19(17)20/h3-6,8-12,20-21H,2,7,13-14H2,1H3,(H,26,33)(H,30,31)(H2,27,28,29,32). The van der Waals surface area contributed by atoms with Crippen LogP contribution in [0.25, 0.3) is 11.1 Å². The predicted octanol–water partition coefficient (Wildman–Crippen LogP) is 3.68. The monoisotopic (exact) mass is 462 g/mol. The number of aromatic amines is 1. The van der Waals surface area contributed by atoms with Crippen molar-refractivity contribution >= 4 is 23.8 Å². The molecular weight excluding hydrogens is 436 g/mol. The number of aryl methyl sites for hydroxylation is 1. The number of ether oxygens (including phenoxy) is 1. The van der Waals surface area contributed by atoms with E-state index >= 15 is 0 Å². The SMILES string of the molecule is CCCc1cc(NC(=O)C(CC(=O)O)NC(=O)OCC2c3ccccc3-c3ccccc32)n[nH]1. The average molecular weight is 463 g/mol. The summed E-state index contributed by atoms with van der Waals surface area (Å²) >= 11 is 0. The number of aromatic nitrogens is 2. The Morgan fingerprint density at radius 2 is 1.74 bits per heavy atom. The van der Waals surface area contributed by atoms with Gasteiger partial charge in [0.2, 0.25) is 5.91 Å². The van der Waals surface area contributed by atoms with Gasteiger partial charge in [0.25, 0.3) is 0 Å². The smallest absolute Gasteiger partial charge is 0.407 e. The molecule has 176 valence electrons. The molecule has 0 radical (unpaired) electrons. The summed E-state index contributed by atoms with van der Waals surface area (Å²) in [6, 6.07) is 16.2. The van der Waals surface area contributed by atoms with Crippen LogP contribution in [0.4, 0.5) is 10.6 Å². The number of fused-ring (bicyclic) bond motifs is 3. The van der Waals surface area contributed by atoms with Gasteiger partial charge in [-0.1, -0.05) is 61.9 Å². The molecule has 0 saturated carbocycles. The zero-order valence-corrected chi connectivity index (χ0v) is 18.7. The van der Waals surface area contributed by atoms with Crippen LogP contribution in [0.3, 0.4) is 0 Å². The molecular formula is C25H26N4O5. The lowest BCUT2D eigenvalue weighted by molar-refractivity contribution is -0.139. The molecule has 9 heteroatoms. The van der Waals surface area contributed by atoms with Gasteiger partial charge in [-0.2, -0.15) is 5.10 Å². The number of anilines is 1. The van der Waals surface area contributed by atoms with Gasteiger partial charge in [-0.3, -0.25) is 14.7 Å². The molecule has 0 bridgehead atoms. The second-order valence-corrected chi connectivity index (χ2v) is 8.14. The van der Waals surface area contributed by atoms with E-state index in [1.807, 2.05) is 55.5 Å². The van der Waals surface area contributed by atoms with Gasteiger partial charge >= 0.3 is 12.1 Å². The Hall–Kier alpha value is -4.14. The van der Waals surface area contributed by atoms with E-state index in [2.05, 4.69) is 20.8 Å². The maximum Gasteiger partial charge on any atom is 0.407 e. The summed E-state index contributed by atoms with van der Waals surface area (Å²) in [4.78, 5) is 36.5. The molecule has 3 aromatic rings. The van der Waals surface area contributed by atoms with Crippen LogP contribution in [0, 0.1) is 0 Å². The van der Waals surface area contributed by atoms with Gasteiger partial charge in [0.05, 0.1) is 6.42 Å². The van der Waals surface area contributed by atoms with Crippen molar-refractivity contribution in [2.75, 3.05) is 11.9 Å². The summed E-state index contributed by atoms with van der Waals surface area (Å²) in [6.07, 6.45) is 0.208. The molecule has 2 amide bonds. The quantitative estimate of drug-likeness (QED) is 0.383. The summed E-state index contributed by atoms with van der Waals surface area (Å²) in [6.45, 7) is 2.07. The topological polar surface area (TPSA) is 133 Å². The van der Waals surface area contributed by atoms with Gasteiger partial charge in [-0.25, -0.2) is 4.79 Å². The normalized spacial score (nSPS) is 13.0. The van der Waals surface area contributed by atoms with Gasteiger partial charge < -0.3 is 20.5 Å². The Morgan fingerprint density at radius 3 is 2.35 bits per heavy atom. The van der Waals surface area contributed by atoms with Crippen molar-refractivity contribution < 1.29 is 24.2 Å². The van der Waals surface area contributed by atoms with Crippen LogP contribution in [-0.4, -0.2) is 45.9 Å². The second-order valence-electron chi connectivity index (χ2n) is 8.14. The highest BCUT2D eigenvalue weighted by Gasteiger charge is 2.30. The predicted molar refractivity (Wildman–Crippen MR) is 125 cm³/mol. The van der Waals surface area contributed by atoms with E-state index < -0.39 is 30.4 Å². The van der Waals surface area contributed by atoms with Crippen molar-refractivity contribution in [2.24, 2.45) is 0 Å². The fourth-order valence-electron chi connectivity index (χ4n) is 4.20. The third-order valence-corrected chi connectivity index (χ3v) is 5.73. The Labute approximate surface area is 196 Å². The van der Waals surface area contributed by atoms with Crippen LogP contribution in [0.1, 0.15) is 42.5 Å². The van der Waals surface area contributed by atoms with E-state index in [9.17, 15) is 19.5 Å². The number of carbonyl (C=O) groups is 3. The molecule has 0 spiro atoms. The number of benzene rings is 2. The van der Waals surface area contributed by atoms with Gasteiger partial charge in [0.1, 0.15) is 12.6 Å². The number of nitrogens with zero attached hydrogens (tertiary/aromatic N) is 1. The number of H-pyrrole nitrogens is 1. The third kappa shape index (κ3) is 5.09. The van der Waals surface area contributed by atoms with Crippen molar-refractivity contribution in [3.05, 3.63) is 71.4 Å². The third-order valence-electron chi connectivity index (χ3n) is 5.73. The van der Waals surface area contributed by atoms with Crippen molar-refractivity contribution in [3.8, 4) is 11.1 Å². The number of carboxylic acids is 1. The minimum atomic E-state index is -1.32. The molecule has 1 aliphatic rings. The molecule has 0 fully saturated rings. The van der Waals surface area contributed by atoms with Gasteiger partial charge in [0, 0.05) is 17.7 Å². The highest BCUT2D eigenvalue weighted by molar-refractivity contribution is 5.98. The lowest BCUT2D eigenvalue weighted by Crippen LogP contribution is -2.45. The number of hydrogen-bond donors (Lipinski definition) is 4. The van der Waals surface area contributed by atoms with Crippen molar-refractivity contribution in [1.82, 2.24) is 15.5 Å². The van der Waals surface area contributed by atoms with Crippen molar-refractivity contribution in [1.29, 1.82) is 0 Å². The Morgan fingerprint density at radius 1 is 1.09 bits per heavy atom. The number of hydrogen-bond acceptors (Lipinski definition) is 5. The zero-order chi connectivity index (χ0) is 24.1. The molecule has 34 heavy (non-hydrogen) atoms. The molecule has 4 rings (SSSR count). The molecule has 1 atom stereocenters. The molecule has 1 unspecified atom stereocenters. The highest BCUT2D eigenvalue weighted by Crippen LogP contribution is 2.44. The molecule has 1 aliphatic carbocycles. The van der Waals surface area contributed by atoms with Crippen LogP contribution in [0.2, 0.25) is 0 Å². The number of alkyl carbamates (subject to hydrolysis) is 1. The Kier molecular flexibility index (Phi) is 6.91. The number of carboxylic acid groups (broad SMARTS) is 1. The maximum absolute atomic E-state index is 12.6. The summed E-state index contributed by atoms with van der Waals surface area (Å²) in [7, 11) is 0. The molecule has 2 aromatic carbocycles. The average Bonchev–Trinajstić information content (AvgIpc) is 3.39. The first-order valence-electron chi connectivity index (χ1n) is 11.1. The maximum atomic E-state index is 12.6. The van der Waals surface area contributed by atoms with Gasteiger partial charge in [0.15, 0.2) is 5.82 Å². The molecule has 4 N–H and O–H groups in total. The van der Waals surface area contributed by atoms with E-state index in [1.54, 1.807) is 6.07 Å². The zero-order valence-electron chi connectivity index (χ0n) is 18.7. The van der Waals surface area contributed by atoms with Crippen molar-refractivity contribution in [2.45, 2.75) is 38.1 Å². The van der Waals surface area contributed by atoms with Crippen LogP contribution in [0.5, 0.6) is 0 Å². The number of amides is 2. The molecule has 0 aliphatic heterocycles. The number of carbonyl (C=O) groups excluding carboxylic acids is 2. The lowest BCUT2D eigenvalue weighted by Gasteiger charge is -2.18. The van der Waals surface area contributed by atoms with E-state index in [-0.39, 0.29) is 18.3 Å². The number of rotatable bonds is 9. The van der Waals surface area contributed by atoms with Crippen molar-refractivity contribution in [3.63, 3.8) is 0 Å². The number of aliphatic carboxylic acids is 1. The summed E-state index contributed by atoms with van der Waals surface area (Å²) < 4.78 is 5.44. The first-order chi connectivity index (χ1) is 16.5. The van der Waals surface area contributed by atoms with Crippen LogP contribution >= 0.6 is 0 Å². The van der Waals surface area contributed by atoms with E-state index in [1.165, 1.54) is 0 Å². The summed E-state index contributed by atoms with van der Waals surface area (Å²) in [5.41, 5.74) is 5.14. The van der Waals surface area contributed by atoms with Crippen LogP contribution < -0.4 is 10.6 Å². The summed E-state index contributed by atoms with van der Waals surface area (Å²) in [5, 5.41) is 20.9. The summed E-state index contributed by atoms with van der Waals surface area (Å²) in [5.74, 6) is -1.80. The lowest BCUT2D eigenvalue weighted by atomic mass is 9.98. The van der Waals surface area contributed by atoms with Gasteiger partial charge in [-0.15, -0.1) is 0 Å². The van der Waals surface area contributed by atoms with E-state index in [4.69, 9.17) is 4.74 Å². The molecule has 9 nitrogen and oxygen atoms in total. The first kappa shape index (κ1) is 23.0. The highest BCUT2D eigenvalue weighted by atomic mass is 16.5. The minimum absolute atomic E-state index is 0.0566. The largest absolute Gasteiger partial charge is 0.481 e.